The molecule has 0 radical (unpaired) electrons. The molecular formula is C19H19N3O3. The minimum absolute atomic E-state index is 0.384. The van der Waals surface area contributed by atoms with E-state index < -0.39 is 12.1 Å². The van der Waals surface area contributed by atoms with Gasteiger partial charge in [-0.15, -0.1) is 0 Å². The van der Waals surface area contributed by atoms with Gasteiger partial charge in [0.05, 0.1) is 18.8 Å². The van der Waals surface area contributed by atoms with E-state index in [1.54, 1.807) is 37.6 Å². The summed E-state index contributed by atoms with van der Waals surface area (Å²) in [7, 11) is 1.36. The second-order valence-electron chi connectivity index (χ2n) is 5.74. The van der Waals surface area contributed by atoms with Crippen molar-refractivity contribution in [3.63, 3.8) is 0 Å². The van der Waals surface area contributed by atoms with E-state index in [4.69, 9.17) is 4.74 Å². The summed E-state index contributed by atoms with van der Waals surface area (Å²) in [6, 6.07) is 9.13. The van der Waals surface area contributed by atoms with Crippen molar-refractivity contribution in [1.82, 2.24) is 9.97 Å². The molecule has 0 aliphatic rings. The molecule has 0 saturated heterocycles. The van der Waals surface area contributed by atoms with Crippen LogP contribution in [0.1, 0.15) is 17.3 Å². The third-order valence-corrected chi connectivity index (χ3v) is 3.86. The molecule has 0 fully saturated rings. The lowest BCUT2D eigenvalue weighted by atomic mass is 9.99. The van der Waals surface area contributed by atoms with Crippen molar-refractivity contribution in [2.75, 3.05) is 19.0 Å². The largest absolute Gasteiger partial charge is 0.465 e. The zero-order valence-electron chi connectivity index (χ0n) is 14.1. The molecule has 1 unspecified atom stereocenters. The van der Waals surface area contributed by atoms with Crippen LogP contribution in [0.2, 0.25) is 0 Å². The third kappa shape index (κ3) is 3.59. The average Bonchev–Trinajstić information content (AvgIpc) is 2.65. The first-order chi connectivity index (χ1) is 12.1. The molecule has 0 amide bonds. The smallest absolute Gasteiger partial charge is 0.337 e. The van der Waals surface area contributed by atoms with Gasteiger partial charge in [0, 0.05) is 36.1 Å². The Morgan fingerprint density at radius 3 is 2.68 bits per heavy atom. The second kappa shape index (κ2) is 7.27. The molecule has 3 rings (SSSR count). The predicted octanol–water partition coefficient (Wildman–Crippen LogP) is 2.88. The number of hydrogen-bond acceptors (Lipinski definition) is 6. The molecule has 0 bridgehead atoms. The number of methoxy groups -OCH3 is 1. The Balaban J connectivity index is 2.18. The molecule has 1 aromatic carbocycles. The monoisotopic (exact) mass is 337 g/mol. The Labute approximate surface area is 145 Å². The summed E-state index contributed by atoms with van der Waals surface area (Å²) in [4.78, 5) is 20.4. The number of nitrogens with zero attached hydrogens (tertiary/aromatic N) is 2. The first-order valence-electron chi connectivity index (χ1n) is 7.93. The number of hydrogen-bond donors (Lipinski definition) is 2. The van der Waals surface area contributed by atoms with E-state index in [1.807, 2.05) is 18.2 Å². The number of esters is 1. The summed E-state index contributed by atoms with van der Waals surface area (Å²) in [6.45, 7) is 2.09. The zero-order valence-corrected chi connectivity index (χ0v) is 14.1. The molecule has 0 saturated carbocycles. The Kier molecular flexibility index (Phi) is 4.90. The maximum absolute atomic E-state index is 11.9. The van der Waals surface area contributed by atoms with Gasteiger partial charge in [0.15, 0.2) is 0 Å². The lowest BCUT2D eigenvalue weighted by Crippen LogP contribution is -2.16. The number of aliphatic hydroxyl groups excluding tert-OH is 1. The fraction of sp³-hybridized carbons (Fsp3) is 0.211. The highest BCUT2D eigenvalue weighted by atomic mass is 16.5. The number of rotatable bonds is 5. The third-order valence-electron chi connectivity index (χ3n) is 3.86. The number of pyridine rings is 2. The molecule has 1 atom stereocenters. The fourth-order valence-corrected chi connectivity index (χ4v) is 2.63. The molecular weight excluding hydrogens is 318 g/mol. The number of carbonyl (C=O) groups is 1. The van der Waals surface area contributed by atoms with Gasteiger partial charge in [0.25, 0.3) is 0 Å². The van der Waals surface area contributed by atoms with Gasteiger partial charge in [-0.1, -0.05) is 0 Å². The molecule has 6 heteroatoms. The summed E-state index contributed by atoms with van der Waals surface area (Å²) >= 11 is 0. The van der Waals surface area contributed by atoms with Crippen LogP contribution in [0, 0.1) is 0 Å². The lowest BCUT2D eigenvalue weighted by Gasteiger charge is -2.14. The molecule has 0 aliphatic carbocycles. The number of fused-ring (bicyclic) bond motifs is 1. The summed E-state index contributed by atoms with van der Waals surface area (Å²) in [5, 5.41) is 14.4. The molecule has 2 aromatic heterocycles. The molecule has 0 aliphatic heterocycles. The van der Waals surface area contributed by atoms with Gasteiger partial charge in [-0.3, -0.25) is 4.98 Å². The molecule has 3 aromatic rings. The van der Waals surface area contributed by atoms with Gasteiger partial charge < -0.3 is 15.2 Å². The minimum Gasteiger partial charge on any atom is -0.465 e. The Hall–Kier alpha value is -2.99. The first kappa shape index (κ1) is 16.9. The number of carbonyl (C=O) groups excluding carboxylic acids is 1. The molecule has 0 spiro atoms. The summed E-state index contributed by atoms with van der Waals surface area (Å²) in [5.74, 6) is 0.267. The standard InChI is InChI=1S/C19H19N3O3/c1-12(23)10-21-18-15-4-3-14(19(24)25-2)9-16(15)17(11-22-18)13-5-7-20-8-6-13/h3-9,11-12,23H,10H2,1-2H3,(H,21,22). The van der Waals surface area contributed by atoms with Crippen LogP contribution in [-0.2, 0) is 4.74 Å². The predicted molar refractivity (Wildman–Crippen MR) is 96.5 cm³/mol. The van der Waals surface area contributed by atoms with E-state index >= 15 is 0 Å². The minimum atomic E-state index is -0.494. The van der Waals surface area contributed by atoms with Crippen LogP contribution in [0.4, 0.5) is 5.82 Å². The quantitative estimate of drug-likeness (QED) is 0.697. The highest BCUT2D eigenvalue weighted by Crippen LogP contribution is 2.32. The summed E-state index contributed by atoms with van der Waals surface area (Å²) in [5.41, 5.74) is 2.32. The van der Waals surface area contributed by atoms with Crippen LogP contribution in [0.15, 0.2) is 48.9 Å². The van der Waals surface area contributed by atoms with E-state index in [1.165, 1.54) is 7.11 Å². The van der Waals surface area contributed by atoms with Gasteiger partial charge in [0.2, 0.25) is 0 Å². The number of aliphatic hydroxyl groups is 1. The number of aromatic nitrogens is 2. The number of benzene rings is 1. The SMILES string of the molecule is COC(=O)c1ccc2c(NCC(C)O)ncc(-c3ccncc3)c2c1. The highest BCUT2D eigenvalue weighted by Gasteiger charge is 2.13. The van der Waals surface area contributed by atoms with Crippen LogP contribution in [0.5, 0.6) is 0 Å². The molecule has 25 heavy (non-hydrogen) atoms. The van der Waals surface area contributed by atoms with E-state index in [0.717, 1.165) is 21.9 Å². The first-order valence-corrected chi connectivity index (χ1v) is 7.93. The van der Waals surface area contributed by atoms with Gasteiger partial charge in [-0.2, -0.15) is 0 Å². The highest BCUT2D eigenvalue weighted by molar-refractivity contribution is 6.05. The molecule has 2 heterocycles. The Morgan fingerprint density at radius 2 is 2.00 bits per heavy atom. The van der Waals surface area contributed by atoms with Gasteiger partial charge in [-0.05, 0) is 48.2 Å². The Morgan fingerprint density at radius 1 is 1.24 bits per heavy atom. The summed E-state index contributed by atoms with van der Waals surface area (Å²) in [6.07, 6.45) is 4.69. The summed E-state index contributed by atoms with van der Waals surface area (Å²) < 4.78 is 4.83. The van der Waals surface area contributed by atoms with Crippen molar-refractivity contribution < 1.29 is 14.6 Å². The maximum atomic E-state index is 11.9. The van der Waals surface area contributed by atoms with Crippen molar-refractivity contribution >= 4 is 22.6 Å². The second-order valence-corrected chi connectivity index (χ2v) is 5.74. The van der Waals surface area contributed by atoms with E-state index in [0.29, 0.717) is 17.9 Å². The molecule has 128 valence electrons. The average molecular weight is 337 g/mol. The van der Waals surface area contributed by atoms with Gasteiger partial charge in [0.1, 0.15) is 5.82 Å². The van der Waals surface area contributed by atoms with Crippen LogP contribution in [-0.4, -0.2) is 40.8 Å². The number of nitrogens with one attached hydrogen (secondary N) is 1. The van der Waals surface area contributed by atoms with E-state index in [-0.39, 0.29) is 0 Å². The molecule has 6 nitrogen and oxygen atoms in total. The van der Waals surface area contributed by atoms with Crippen molar-refractivity contribution in [2.45, 2.75) is 13.0 Å². The van der Waals surface area contributed by atoms with Gasteiger partial charge in [-0.25, -0.2) is 9.78 Å². The number of ether oxygens (including phenoxy) is 1. The topological polar surface area (TPSA) is 84.3 Å². The van der Waals surface area contributed by atoms with Crippen molar-refractivity contribution in [3.05, 3.63) is 54.5 Å². The van der Waals surface area contributed by atoms with Crippen molar-refractivity contribution in [1.29, 1.82) is 0 Å². The van der Waals surface area contributed by atoms with Crippen LogP contribution in [0.25, 0.3) is 21.9 Å². The van der Waals surface area contributed by atoms with Crippen molar-refractivity contribution in [3.8, 4) is 11.1 Å². The van der Waals surface area contributed by atoms with Gasteiger partial charge >= 0.3 is 5.97 Å². The molecule has 2 N–H and O–H groups in total. The van der Waals surface area contributed by atoms with Crippen LogP contribution < -0.4 is 5.32 Å². The normalized spacial score (nSPS) is 12.0. The lowest BCUT2D eigenvalue weighted by molar-refractivity contribution is 0.0601. The Bertz CT molecular complexity index is 895. The van der Waals surface area contributed by atoms with E-state index in [2.05, 4.69) is 15.3 Å². The number of anilines is 1. The fourth-order valence-electron chi connectivity index (χ4n) is 2.63. The van der Waals surface area contributed by atoms with Crippen LogP contribution >= 0.6 is 0 Å². The van der Waals surface area contributed by atoms with Crippen molar-refractivity contribution in [2.24, 2.45) is 0 Å². The van der Waals surface area contributed by atoms with E-state index in [9.17, 15) is 9.90 Å². The maximum Gasteiger partial charge on any atom is 0.337 e. The zero-order chi connectivity index (χ0) is 17.8. The van der Waals surface area contributed by atoms with Crippen LogP contribution in [0.3, 0.4) is 0 Å².